The second-order valence-electron chi connectivity index (χ2n) is 6.96. The molecule has 1 amide bonds. The van der Waals surface area contributed by atoms with Gasteiger partial charge in [0.1, 0.15) is 12.1 Å². The van der Waals surface area contributed by atoms with Gasteiger partial charge in [-0.1, -0.05) is 6.92 Å². The average molecular weight is 346 g/mol. The fourth-order valence-corrected chi connectivity index (χ4v) is 2.82. The SMILES string of the molecule is CC(C)N(CC(=O)Nc1cc(-n2cnnn2)ccc1F)C[C@@H]1C[C@@H]1C. The quantitative estimate of drug-likeness (QED) is 0.831. The van der Waals surface area contributed by atoms with E-state index >= 15 is 0 Å². The Balaban J connectivity index is 1.66. The van der Waals surface area contributed by atoms with E-state index in [0.717, 1.165) is 12.5 Å². The van der Waals surface area contributed by atoms with Crippen LogP contribution in [-0.4, -0.2) is 50.1 Å². The van der Waals surface area contributed by atoms with Crippen LogP contribution in [-0.2, 0) is 4.79 Å². The maximum atomic E-state index is 14.0. The molecule has 1 saturated carbocycles. The van der Waals surface area contributed by atoms with Gasteiger partial charge in [0, 0.05) is 12.6 Å². The highest BCUT2D eigenvalue weighted by Gasteiger charge is 2.34. The second kappa shape index (κ2) is 7.26. The molecule has 1 fully saturated rings. The van der Waals surface area contributed by atoms with Gasteiger partial charge in [-0.25, -0.2) is 9.07 Å². The van der Waals surface area contributed by atoms with Crippen molar-refractivity contribution in [3.63, 3.8) is 0 Å². The Morgan fingerprint density at radius 3 is 2.84 bits per heavy atom. The number of amides is 1. The largest absolute Gasteiger partial charge is 0.322 e. The van der Waals surface area contributed by atoms with Gasteiger partial charge in [-0.15, -0.1) is 5.10 Å². The van der Waals surface area contributed by atoms with E-state index in [1.54, 1.807) is 6.07 Å². The Hall–Kier alpha value is -2.35. The van der Waals surface area contributed by atoms with Crippen molar-refractivity contribution in [3.05, 3.63) is 30.3 Å². The topological polar surface area (TPSA) is 75.9 Å². The Labute approximate surface area is 146 Å². The smallest absolute Gasteiger partial charge is 0.238 e. The van der Waals surface area contributed by atoms with Gasteiger partial charge >= 0.3 is 0 Å². The highest BCUT2D eigenvalue weighted by Crippen LogP contribution is 2.38. The molecule has 7 nitrogen and oxygen atoms in total. The van der Waals surface area contributed by atoms with Gasteiger partial charge in [-0.05, 0) is 60.7 Å². The minimum atomic E-state index is -0.489. The Morgan fingerprint density at radius 2 is 2.24 bits per heavy atom. The van der Waals surface area contributed by atoms with Crippen molar-refractivity contribution in [2.24, 2.45) is 11.8 Å². The lowest BCUT2D eigenvalue weighted by Gasteiger charge is -2.26. The molecule has 0 bridgehead atoms. The first-order valence-electron chi connectivity index (χ1n) is 8.51. The third kappa shape index (κ3) is 4.39. The number of nitrogens with zero attached hydrogens (tertiary/aromatic N) is 5. The van der Waals surface area contributed by atoms with E-state index in [9.17, 15) is 9.18 Å². The van der Waals surface area contributed by atoms with Crippen LogP contribution in [0.5, 0.6) is 0 Å². The molecule has 0 aliphatic heterocycles. The number of benzene rings is 1. The molecule has 0 saturated heterocycles. The van der Waals surface area contributed by atoms with Gasteiger partial charge < -0.3 is 5.32 Å². The molecule has 25 heavy (non-hydrogen) atoms. The second-order valence-corrected chi connectivity index (χ2v) is 6.96. The fourth-order valence-electron chi connectivity index (χ4n) is 2.82. The van der Waals surface area contributed by atoms with Crippen LogP contribution in [0.15, 0.2) is 24.5 Å². The molecule has 134 valence electrons. The summed E-state index contributed by atoms with van der Waals surface area (Å²) in [4.78, 5) is 14.5. The van der Waals surface area contributed by atoms with Crippen LogP contribution >= 0.6 is 0 Å². The van der Waals surface area contributed by atoms with E-state index in [1.807, 2.05) is 0 Å². The maximum absolute atomic E-state index is 14.0. The summed E-state index contributed by atoms with van der Waals surface area (Å²) in [6.07, 6.45) is 2.63. The highest BCUT2D eigenvalue weighted by molar-refractivity contribution is 5.92. The zero-order valence-corrected chi connectivity index (χ0v) is 14.7. The minimum absolute atomic E-state index is 0.126. The number of carbonyl (C=O) groups is 1. The lowest BCUT2D eigenvalue weighted by molar-refractivity contribution is -0.117. The molecule has 0 radical (unpaired) electrons. The van der Waals surface area contributed by atoms with Crippen LogP contribution in [0.2, 0.25) is 0 Å². The number of hydrogen-bond donors (Lipinski definition) is 1. The van der Waals surface area contributed by atoms with Gasteiger partial charge in [0.2, 0.25) is 5.91 Å². The Morgan fingerprint density at radius 1 is 1.48 bits per heavy atom. The molecule has 1 N–H and O–H groups in total. The van der Waals surface area contributed by atoms with Crippen molar-refractivity contribution in [1.29, 1.82) is 0 Å². The standard InChI is InChI=1S/C17H23FN6O/c1-11(2)23(8-13-6-12(13)3)9-17(25)20-16-7-14(4-5-15(16)18)24-10-19-21-22-24/h4-5,7,10-13H,6,8-9H2,1-3H3,(H,20,25)/t12-,13-/m0/s1. The molecule has 0 spiro atoms. The average Bonchev–Trinajstić information content (AvgIpc) is 3.02. The van der Waals surface area contributed by atoms with E-state index < -0.39 is 5.82 Å². The molecule has 1 aromatic heterocycles. The number of hydrogen-bond acceptors (Lipinski definition) is 5. The van der Waals surface area contributed by atoms with Crippen molar-refractivity contribution < 1.29 is 9.18 Å². The number of anilines is 1. The number of nitrogens with one attached hydrogen (secondary N) is 1. The first-order valence-corrected chi connectivity index (χ1v) is 8.51. The summed E-state index contributed by atoms with van der Waals surface area (Å²) in [5.41, 5.74) is 0.704. The van der Waals surface area contributed by atoms with Crippen LogP contribution in [0.1, 0.15) is 27.2 Å². The van der Waals surface area contributed by atoms with E-state index in [4.69, 9.17) is 0 Å². The van der Waals surface area contributed by atoms with Crippen LogP contribution < -0.4 is 5.32 Å². The summed E-state index contributed by atoms with van der Waals surface area (Å²) in [5, 5.41) is 13.5. The molecule has 1 aliphatic carbocycles. The van der Waals surface area contributed by atoms with Crippen molar-refractivity contribution in [2.45, 2.75) is 33.2 Å². The zero-order chi connectivity index (χ0) is 18.0. The number of rotatable bonds is 7. The van der Waals surface area contributed by atoms with E-state index in [2.05, 4.69) is 46.5 Å². The van der Waals surface area contributed by atoms with E-state index in [1.165, 1.54) is 29.6 Å². The normalized spacial score (nSPS) is 19.4. The first kappa shape index (κ1) is 17.5. The number of aromatic nitrogens is 4. The van der Waals surface area contributed by atoms with Gasteiger partial charge in [0.05, 0.1) is 17.9 Å². The molecule has 1 heterocycles. The molecule has 2 aromatic rings. The summed E-state index contributed by atoms with van der Waals surface area (Å²) in [6.45, 7) is 7.51. The number of carbonyl (C=O) groups excluding carboxylic acids is 1. The lowest BCUT2D eigenvalue weighted by Crippen LogP contribution is -2.39. The van der Waals surface area contributed by atoms with Crippen LogP contribution in [0.25, 0.3) is 5.69 Å². The fraction of sp³-hybridized carbons (Fsp3) is 0.529. The van der Waals surface area contributed by atoms with Crippen molar-refractivity contribution >= 4 is 11.6 Å². The predicted molar refractivity (Wildman–Crippen MR) is 91.7 cm³/mol. The molecule has 2 atom stereocenters. The Bertz CT molecular complexity index is 733. The number of tetrazole rings is 1. The molecule has 0 unspecified atom stereocenters. The summed E-state index contributed by atoms with van der Waals surface area (Å²) in [7, 11) is 0. The number of halogens is 1. The van der Waals surface area contributed by atoms with E-state index in [0.29, 0.717) is 11.6 Å². The van der Waals surface area contributed by atoms with Crippen molar-refractivity contribution in [2.75, 3.05) is 18.4 Å². The third-order valence-electron chi connectivity index (χ3n) is 4.66. The molecule has 1 aliphatic rings. The molecular formula is C17H23FN6O. The molecule has 1 aromatic carbocycles. The van der Waals surface area contributed by atoms with Crippen molar-refractivity contribution in [1.82, 2.24) is 25.1 Å². The minimum Gasteiger partial charge on any atom is -0.322 e. The van der Waals surface area contributed by atoms with Gasteiger partial charge in [0.15, 0.2) is 0 Å². The third-order valence-corrected chi connectivity index (χ3v) is 4.66. The van der Waals surface area contributed by atoms with Crippen LogP contribution in [0.3, 0.4) is 0 Å². The van der Waals surface area contributed by atoms with Gasteiger partial charge in [0.25, 0.3) is 0 Å². The van der Waals surface area contributed by atoms with Crippen LogP contribution in [0.4, 0.5) is 10.1 Å². The summed E-state index contributed by atoms with van der Waals surface area (Å²) in [6, 6.07) is 4.62. The molecule has 8 heteroatoms. The van der Waals surface area contributed by atoms with Gasteiger partial charge in [-0.3, -0.25) is 9.69 Å². The zero-order valence-electron chi connectivity index (χ0n) is 14.7. The predicted octanol–water partition coefficient (Wildman–Crippen LogP) is 2.11. The monoisotopic (exact) mass is 346 g/mol. The van der Waals surface area contributed by atoms with Crippen molar-refractivity contribution in [3.8, 4) is 5.69 Å². The lowest BCUT2D eigenvalue weighted by atomic mass is 10.2. The first-order chi connectivity index (χ1) is 11.9. The summed E-state index contributed by atoms with van der Waals surface area (Å²) < 4.78 is 15.5. The summed E-state index contributed by atoms with van der Waals surface area (Å²) in [5.74, 6) is 0.677. The Kier molecular flexibility index (Phi) is 5.08. The van der Waals surface area contributed by atoms with E-state index in [-0.39, 0.29) is 24.2 Å². The van der Waals surface area contributed by atoms with Crippen LogP contribution in [0, 0.1) is 17.7 Å². The van der Waals surface area contributed by atoms with Gasteiger partial charge in [-0.2, -0.15) is 0 Å². The maximum Gasteiger partial charge on any atom is 0.238 e. The summed E-state index contributed by atoms with van der Waals surface area (Å²) >= 11 is 0. The molecular weight excluding hydrogens is 323 g/mol. The highest BCUT2D eigenvalue weighted by atomic mass is 19.1. The molecule has 3 rings (SSSR count).